The van der Waals surface area contributed by atoms with Crippen LogP contribution < -0.4 is 20.1 Å². The Morgan fingerprint density at radius 3 is 2.81 bits per heavy atom. The highest BCUT2D eigenvalue weighted by Gasteiger charge is 2.39. The number of ketones is 1. The number of para-hydroxylation sites is 1. The summed E-state index contributed by atoms with van der Waals surface area (Å²) in [6, 6.07) is 12.7. The molecule has 2 aromatic carbocycles. The molecular weight excluding hydrogens is 426 g/mol. The molecule has 4 rings (SSSR count). The fraction of sp³-hybridized carbons (Fsp3) is 0.333. The number of rotatable bonds is 6. The molecule has 2 unspecified atom stereocenters. The lowest BCUT2D eigenvalue weighted by molar-refractivity contribution is -0.122. The number of carbonyl (C=O) groups excluding carboxylic acids is 2. The van der Waals surface area contributed by atoms with Crippen molar-refractivity contribution in [2.75, 3.05) is 19.0 Å². The molecule has 0 spiro atoms. The molecule has 0 aromatic heterocycles. The van der Waals surface area contributed by atoms with Gasteiger partial charge < -0.3 is 20.1 Å². The third-order valence-corrected chi connectivity index (χ3v) is 5.95. The molecule has 0 radical (unpaired) electrons. The molecule has 1 heterocycles. The van der Waals surface area contributed by atoms with Crippen LogP contribution in [0.3, 0.4) is 0 Å². The summed E-state index contributed by atoms with van der Waals surface area (Å²) in [6.45, 7) is 1.77. The van der Waals surface area contributed by atoms with Gasteiger partial charge in [0.25, 0.3) is 5.91 Å². The fourth-order valence-corrected chi connectivity index (χ4v) is 4.38. The first-order valence-electron chi connectivity index (χ1n) is 10.5. The molecule has 2 N–H and O–H groups in total. The maximum atomic E-state index is 12.6. The Kier molecular flexibility index (Phi) is 6.50. The number of amides is 1. The van der Waals surface area contributed by atoms with E-state index in [-0.39, 0.29) is 30.3 Å². The van der Waals surface area contributed by atoms with Gasteiger partial charge in [-0.3, -0.25) is 9.59 Å². The molecule has 7 nitrogen and oxygen atoms in total. The second-order valence-electron chi connectivity index (χ2n) is 7.89. The number of hydrogen-bond donors (Lipinski definition) is 2. The molecule has 1 aliphatic heterocycles. The van der Waals surface area contributed by atoms with Gasteiger partial charge in [0.1, 0.15) is 5.78 Å². The summed E-state index contributed by atoms with van der Waals surface area (Å²) < 4.78 is 11.2. The van der Waals surface area contributed by atoms with Gasteiger partial charge in [0.15, 0.2) is 23.2 Å². The third-order valence-electron chi connectivity index (χ3n) is 5.74. The Balaban J connectivity index is 1.49. The second kappa shape index (κ2) is 9.48. The van der Waals surface area contributed by atoms with Crippen molar-refractivity contribution in [2.45, 2.75) is 32.2 Å². The molecule has 8 heteroatoms. The van der Waals surface area contributed by atoms with Crippen molar-refractivity contribution >= 4 is 40.4 Å². The summed E-state index contributed by atoms with van der Waals surface area (Å²) in [6.07, 6.45) is 2.14. The van der Waals surface area contributed by atoms with Gasteiger partial charge in [0.2, 0.25) is 0 Å². The summed E-state index contributed by atoms with van der Waals surface area (Å²) in [7, 11) is 1.54. The molecule has 2 aromatic rings. The van der Waals surface area contributed by atoms with Crippen LogP contribution in [0, 0.1) is 12.8 Å². The van der Waals surface area contributed by atoms with Gasteiger partial charge in [0.05, 0.1) is 19.1 Å². The Labute approximate surface area is 192 Å². The van der Waals surface area contributed by atoms with E-state index in [9.17, 15) is 9.59 Å². The van der Waals surface area contributed by atoms with Crippen LogP contribution in [0.5, 0.6) is 11.5 Å². The average molecular weight is 452 g/mol. The van der Waals surface area contributed by atoms with Gasteiger partial charge in [-0.25, -0.2) is 4.99 Å². The van der Waals surface area contributed by atoms with Crippen molar-refractivity contribution in [3.8, 4) is 11.5 Å². The second-order valence-corrected chi connectivity index (χ2v) is 8.28. The summed E-state index contributed by atoms with van der Waals surface area (Å²) in [5.41, 5.74) is 3.42. The Morgan fingerprint density at radius 1 is 1.22 bits per heavy atom. The van der Waals surface area contributed by atoms with E-state index in [4.69, 9.17) is 21.7 Å². The Bertz CT molecular complexity index is 1100. The molecule has 2 atom stereocenters. The van der Waals surface area contributed by atoms with E-state index in [1.165, 1.54) is 7.11 Å². The van der Waals surface area contributed by atoms with Crippen LogP contribution in [0.1, 0.15) is 36.4 Å². The van der Waals surface area contributed by atoms with Crippen LogP contribution >= 0.6 is 12.2 Å². The first-order valence-corrected chi connectivity index (χ1v) is 10.9. The van der Waals surface area contributed by atoms with Crippen molar-refractivity contribution in [3.63, 3.8) is 0 Å². The number of ether oxygens (including phenoxy) is 2. The number of anilines is 1. The van der Waals surface area contributed by atoms with E-state index in [0.29, 0.717) is 23.0 Å². The maximum Gasteiger partial charge on any atom is 0.262 e. The van der Waals surface area contributed by atoms with E-state index in [1.807, 2.05) is 43.3 Å². The predicted molar refractivity (Wildman–Crippen MR) is 127 cm³/mol. The summed E-state index contributed by atoms with van der Waals surface area (Å²) in [5, 5.41) is 6.41. The normalized spacial score (nSPS) is 20.0. The van der Waals surface area contributed by atoms with E-state index in [2.05, 4.69) is 15.6 Å². The molecule has 2 aliphatic rings. The van der Waals surface area contributed by atoms with Crippen LogP contribution in [0.2, 0.25) is 0 Å². The molecule has 0 saturated heterocycles. The number of thiocarbonyl (C=S) groups is 1. The van der Waals surface area contributed by atoms with E-state index >= 15 is 0 Å². The van der Waals surface area contributed by atoms with Gasteiger partial charge in [0, 0.05) is 17.8 Å². The van der Waals surface area contributed by atoms with Gasteiger partial charge in [-0.05, 0) is 61.3 Å². The minimum atomic E-state index is -0.327. The summed E-state index contributed by atoms with van der Waals surface area (Å²) in [5.74, 6) is 0.497. The first kappa shape index (κ1) is 22.0. The quantitative estimate of drug-likeness (QED) is 0.650. The number of nitrogens with one attached hydrogen (secondary N) is 2. The monoisotopic (exact) mass is 451 g/mol. The van der Waals surface area contributed by atoms with Crippen molar-refractivity contribution in [2.24, 2.45) is 10.9 Å². The number of Topliss-reactive ketones (excluding diaryl/α,β-unsaturated/α-hetero) is 1. The van der Waals surface area contributed by atoms with Crippen LogP contribution in [0.15, 0.2) is 47.5 Å². The molecule has 0 bridgehead atoms. The minimum Gasteiger partial charge on any atom is -0.493 e. The zero-order valence-electron chi connectivity index (χ0n) is 18.0. The number of fused-ring (bicyclic) bond motifs is 1. The number of hydrogen-bond acceptors (Lipinski definition) is 5. The lowest BCUT2D eigenvalue weighted by Gasteiger charge is -2.35. The van der Waals surface area contributed by atoms with Gasteiger partial charge in [-0.1, -0.05) is 24.3 Å². The maximum absolute atomic E-state index is 12.6. The van der Waals surface area contributed by atoms with Crippen LogP contribution in [-0.4, -0.2) is 36.2 Å². The molecule has 166 valence electrons. The minimum absolute atomic E-state index is 0.159. The molecular formula is C24H25N3O4S. The highest BCUT2D eigenvalue weighted by Crippen LogP contribution is 2.37. The van der Waals surface area contributed by atoms with E-state index in [0.717, 1.165) is 35.4 Å². The van der Waals surface area contributed by atoms with E-state index in [1.54, 1.807) is 6.07 Å². The standard InChI is InChI=1S/C24H25N3O4S/c1-14-6-3-4-7-16(14)25-21(29)13-31-19-11-10-15(12-20(19)30-2)23-22-17(26-24(32)27-23)8-5-9-18(22)28/h3-4,6-7,10-12,22-23H,5,8-9,13H2,1-2H3,(H,25,29)(H,27,32). The van der Waals surface area contributed by atoms with Crippen LogP contribution in [-0.2, 0) is 9.59 Å². The van der Waals surface area contributed by atoms with Crippen LogP contribution in [0.4, 0.5) is 5.69 Å². The number of aliphatic imine (C=N–C) groups is 1. The van der Waals surface area contributed by atoms with Gasteiger partial charge in [-0.2, -0.15) is 0 Å². The third kappa shape index (κ3) is 4.65. The molecule has 1 amide bonds. The number of nitrogens with zero attached hydrogens (tertiary/aromatic N) is 1. The topological polar surface area (TPSA) is 89.0 Å². The van der Waals surface area contributed by atoms with Crippen molar-refractivity contribution in [1.82, 2.24) is 5.32 Å². The number of aryl methyl sites for hydroxylation is 1. The molecule has 1 fully saturated rings. The van der Waals surface area contributed by atoms with E-state index < -0.39 is 0 Å². The average Bonchev–Trinajstić information content (AvgIpc) is 2.78. The fourth-order valence-electron chi connectivity index (χ4n) is 4.14. The molecule has 1 aliphatic carbocycles. The van der Waals surface area contributed by atoms with Gasteiger partial charge in [-0.15, -0.1) is 0 Å². The number of methoxy groups -OCH3 is 1. The van der Waals surface area contributed by atoms with Crippen molar-refractivity contribution in [3.05, 3.63) is 53.6 Å². The summed E-state index contributed by atoms with van der Waals surface area (Å²) in [4.78, 5) is 29.4. The molecule has 32 heavy (non-hydrogen) atoms. The zero-order chi connectivity index (χ0) is 22.7. The smallest absolute Gasteiger partial charge is 0.262 e. The first-order chi connectivity index (χ1) is 15.5. The van der Waals surface area contributed by atoms with Crippen molar-refractivity contribution in [1.29, 1.82) is 0 Å². The van der Waals surface area contributed by atoms with Crippen LogP contribution in [0.25, 0.3) is 0 Å². The van der Waals surface area contributed by atoms with Crippen molar-refractivity contribution < 1.29 is 19.1 Å². The highest BCUT2D eigenvalue weighted by molar-refractivity contribution is 7.80. The predicted octanol–water partition coefficient (Wildman–Crippen LogP) is 3.76. The Morgan fingerprint density at radius 2 is 2.03 bits per heavy atom. The zero-order valence-corrected chi connectivity index (χ0v) is 18.8. The van der Waals surface area contributed by atoms with Gasteiger partial charge >= 0.3 is 0 Å². The number of benzene rings is 2. The Hall–Kier alpha value is -3.26. The summed E-state index contributed by atoms with van der Waals surface area (Å²) >= 11 is 5.30. The number of carbonyl (C=O) groups is 2. The SMILES string of the molecule is COc1cc(C2NC(=S)N=C3CCCC(=O)C32)ccc1OCC(=O)Nc1ccccc1C. The largest absolute Gasteiger partial charge is 0.493 e. The lowest BCUT2D eigenvalue weighted by Crippen LogP contribution is -2.46. The molecule has 1 saturated carbocycles. The highest BCUT2D eigenvalue weighted by atomic mass is 32.1. The lowest BCUT2D eigenvalue weighted by atomic mass is 9.77.